The highest BCUT2D eigenvalue weighted by molar-refractivity contribution is 4.32. The average Bonchev–Trinajstić information content (AvgIpc) is 3.16. The second-order valence-corrected chi connectivity index (χ2v) is 6.38. The van der Waals surface area contributed by atoms with Gasteiger partial charge in [0.05, 0.1) is 24.2 Å². The molecule has 0 aliphatic rings. The normalized spacial score (nSPS) is 9.83. The molecule has 10 nitrogen and oxygen atoms in total. The SMILES string of the molecule is CC(C)[NH2+]C(C)C.CC(C)[NH2+]C(C)C.[c-]1nn[nH]n1.[c-]1nn[nH]n1. The highest BCUT2D eigenvalue weighted by Gasteiger charge is 1.97. The molecule has 0 aromatic carbocycles. The average molecular weight is 342 g/mol. The van der Waals surface area contributed by atoms with Gasteiger partial charge in [0.1, 0.15) is 0 Å². The predicted octanol–water partition coefficient (Wildman–Crippen LogP) is -1.27. The molecule has 0 bridgehead atoms. The number of hydrogen-bond acceptors (Lipinski definition) is 6. The van der Waals surface area contributed by atoms with Crippen LogP contribution in [0.3, 0.4) is 0 Å². The number of nitrogens with two attached hydrogens (primary N) is 2. The van der Waals surface area contributed by atoms with Crippen molar-refractivity contribution < 1.29 is 10.6 Å². The standard InChI is InChI=1S/2C6H15N.2CHN4/c2*1-5(2)7-6(3)4;2*1-2-4-5-3-1/h2*5-7H,1-4H3;2*(H,2,3,4,5)/q;;2*-1/p+2. The van der Waals surface area contributed by atoms with Crippen LogP contribution < -0.4 is 10.6 Å². The van der Waals surface area contributed by atoms with Crippen molar-refractivity contribution in [3.05, 3.63) is 12.7 Å². The van der Waals surface area contributed by atoms with E-state index in [0.29, 0.717) is 0 Å². The first kappa shape index (κ1) is 24.3. The topological polar surface area (TPSA) is 142 Å². The van der Waals surface area contributed by atoms with E-state index in [0.717, 1.165) is 24.2 Å². The van der Waals surface area contributed by atoms with E-state index in [1.165, 1.54) is 0 Å². The number of hydrogen-bond donors (Lipinski definition) is 4. The maximum Gasteiger partial charge on any atom is 0.0803 e. The van der Waals surface area contributed by atoms with Gasteiger partial charge in [-0.15, -0.1) is 0 Å². The Balaban J connectivity index is 0. The van der Waals surface area contributed by atoms with Crippen LogP contribution in [0.15, 0.2) is 0 Å². The fourth-order valence-electron chi connectivity index (χ4n) is 1.76. The second kappa shape index (κ2) is 17.4. The molecule has 0 saturated heterocycles. The van der Waals surface area contributed by atoms with E-state index in [2.05, 4.69) is 120 Å². The lowest BCUT2D eigenvalue weighted by atomic mass is 10.3. The third-order valence-corrected chi connectivity index (χ3v) is 2.02. The molecule has 0 amide bonds. The van der Waals surface area contributed by atoms with Crippen LogP contribution in [0.25, 0.3) is 0 Å². The summed E-state index contributed by atoms with van der Waals surface area (Å²) in [5.74, 6) is 0. The van der Waals surface area contributed by atoms with Gasteiger partial charge in [-0.2, -0.15) is 0 Å². The third-order valence-electron chi connectivity index (χ3n) is 2.02. The number of H-pyrrole nitrogens is 2. The van der Waals surface area contributed by atoms with E-state index in [1.54, 1.807) is 0 Å². The fourth-order valence-corrected chi connectivity index (χ4v) is 1.76. The molecule has 0 aliphatic carbocycles. The van der Waals surface area contributed by atoms with Crippen molar-refractivity contribution in [3.63, 3.8) is 0 Å². The zero-order chi connectivity index (χ0) is 18.8. The first-order chi connectivity index (χ1) is 11.3. The van der Waals surface area contributed by atoms with Crippen LogP contribution in [-0.4, -0.2) is 65.4 Å². The molecule has 0 radical (unpaired) electrons. The number of rotatable bonds is 4. The van der Waals surface area contributed by atoms with E-state index >= 15 is 0 Å². The van der Waals surface area contributed by atoms with Crippen LogP contribution in [0.2, 0.25) is 0 Å². The molecule has 0 atom stereocenters. The number of tetrazole rings is 2. The van der Waals surface area contributed by atoms with Gasteiger partial charge in [-0.25, -0.2) is 23.1 Å². The lowest BCUT2D eigenvalue weighted by molar-refractivity contribution is -0.709. The molecule has 2 rings (SSSR count). The monoisotopic (exact) mass is 342 g/mol. The van der Waals surface area contributed by atoms with E-state index < -0.39 is 0 Å². The summed E-state index contributed by atoms with van der Waals surface area (Å²) in [4.78, 5) is 0. The van der Waals surface area contributed by atoms with Crippen LogP contribution in [0.4, 0.5) is 0 Å². The molecule has 2 aromatic heterocycles. The van der Waals surface area contributed by atoms with Crippen LogP contribution in [0, 0.1) is 12.7 Å². The lowest BCUT2D eigenvalue weighted by Crippen LogP contribution is -2.92. The van der Waals surface area contributed by atoms with Gasteiger partial charge >= 0.3 is 0 Å². The highest BCUT2D eigenvalue weighted by Crippen LogP contribution is 1.68. The zero-order valence-electron chi connectivity index (χ0n) is 16.1. The molecule has 0 unspecified atom stereocenters. The Labute approximate surface area is 145 Å². The van der Waals surface area contributed by atoms with Gasteiger partial charge in [-0.1, -0.05) is 10.4 Å². The summed E-state index contributed by atoms with van der Waals surface area (Å²) in [6.07, 6.45) is 4.39. The van der Waals surface area contributed by atoms with Crippen molar-refractivity contribution in [1.82, 2.24) is 41.2 Å². The highest BCUT2D eigenvalue weighted by atomic mass is 15.5. The van der Waals surface area contributed by atoms with Crippen LogP contribution in [0.1, 0.15) is 55.4 Å². The summed E-state index contributed by atoms with van der Waals surface area (Å²) in [5.41, 5.74) is 0. The molecule has 0 aliphatic heterocycles. The predicted molar refractivity (Wildman–Crippen MR) is 90.4 cm³/mol. The van der Waals surface area contributed by atoms with E-state index in [4.69, 9.17) is 0 Å². The zero-order valence-corrected chi connectivity index (χ0v) is 16.1. The summed E-state index contributed by atoms with van der Waals surface area (Å²) >= 11 is 0. The first-order valence-electron chi connectivity index (χ1n) is 8.14. The smallest absolute Gasteiger partial charge is 0.0803 e. The number of nitrogens with one attached hydrogen (secondary N) is 2. The number of quaternary nitrogens is 2. The molecule has 0 spiro atoms. The maximum absolute atomic E-state index is 3.25. The molecule has 2 aromatic rings. The Morgan fingerprint density at radius 2 is 0.875 bits per heavy atom. The van der Waals surface area contributed by atoms with Crippen molar-refractivity contribution in [2.24, 2.45) is 0 Å². The molecular formula is C14H34N10. The van der Waals surface area contributed by atoms with Crippen molar-refractivity contribution >= 4 is 0 Å². The Morgan fingerprint density at radius 1 is 0.583 bits per heavy atom. The van der Waals surface area contributed by atoms with Gasteiger partial charge in [0.15, 0.2) is 0 Å². The van der Waals surface area contributed by atoms with Crippen molar-refractivity contribution in [2.45, 2.75) is 79.6 Å². The lowest BCUT2D eigenvalue weighted by Gasteiger charge is -2.06. The Kier molecular flexibility index (Phi) is 17.6. The molecule has 2 heterocycles. The molecule has 10 heteroatoms. The fraction of sp³-hybridized carbons (Fsp3) is 0.857. The molecule has 24 heavy (non-hydrogen) atoms. The van der Waals surface area contributed by atoms with E-state index in [1.807, 2.05) is 0 Å². The molecule has 0 saturated carbocycles. The number of aromatic nitrogens is 8. The summed E-state index contributed by atoms with van der Waals surface area (Å²) < 4.78 is 0. The van der Waals surface area contributed by atoms with Crippen molar-refractivity contribution in [2.75, 3.05) is 0 Å². The van der Waals surface area contributed by atoms with Gasteiger partial charge in [0.2, 0.25) is 0 Å². The quantitative estimate of drug-likeness (QED) is 0.511. The van der Waals surface area contributed by atoms with Gasteiger partial charge in [0.25, 0.3) is 0 Å². The maximum atomic E-state index is 3.25. The van der Waals surface area contributed by atoms with Crippen molar-refractivity contribution in [3.8, 4) is 0 Å². The minimum Gasteiger partial charge on any atom is -0.357 e. The Morgan fingerprint density at radius 3 is 0.917 bits per heavy atom. The van der Waals surface area contributed by atoms with E-state index in [-0.39, 0.29) is 0 Å². The number of aromatic amines is 2. The van der Waals surface area contributed by atoms with Crippen LogP contribution in [-0.2, 0) is 0 Å². The molecule has 0 fully saturated rings. The molecule has 6 N–H and O–H groups in total. The number of nitrogens with zero attached hydrogens (tertiary/aromatic N) is 6. The van der Waals surface area contributed by atoms with Gasteiger partial charge in [-0.3, -0.25) is 0 Å². The molecular weight excluding hydrogens is 308 g/mol. The minimum atomic E-state index is 0.750. The summed E-state index contributed by atoms with van der Waals surface area (Å²) in [6.45, 7) is 17.7. The van der Waals surface area contributed by atoms with Crippen LogP contribution >= 0.6 is 0 Å². The summed E-state index contributed by atoms with van der Waals surface area (Å²) in [6, 6.07) is 3.00. The van der Waals surface area contributed by atoms with Crippen molar-refractivity contribution in [1.29, 1.82) is 0 Å². The second-order valence-electron chi connectivity index (χ2n) is 6.38. The van der Waals surface area contributed by atoms with Gasteiger partial charge in [-0.05, 0) is 55.4 Å². The van der Waals surface area contributed by atoms with E-state index in [9.17, 15) is 0 Å². The summed E-state index contributed by atoms with van der Waals surface area (Å²) in [5, 5.41) is 28.3. The third kappa shape index (κ3) is 28.3. The largest absolute Gasteiger partial charge is 0.357 e. The minimum absolute atomic E-state index is 0.750. The Bertz CT molecular complexity index is 310. The first-order valence-corrected chi connectivity index (χ1v) is 8.14. The summed E-state index contributed by atoms with van der Waals surface area (Å²) in [7, 11) is 0. The molecule has 140 valence electrons. The van der Waals surface area contributed by atoms with Crippen LogP contribution in [0.5, 0.6) is 0 Å². The Hall–Kier alpha value is -1.94. The van der Waals surface area contributed by atoms with Gasteiger partial charge < -0.3 is 31.0 Å². The van der Waals surface area contributed by atoms with Gasteiger partial charge in [0, 0.05) is 0 Å².